The summed E-state index contributed by atoms with van der Waals surface area (Å²) >= 11 is 5.08. The fourth-order valence-electron chi connectivity index (χ4n) is 4.27. The highest BCUT2D eigenvalue weighted by molar-refractivity contribution is 9.10. The van der Waals surface area contributed by atoms with Crippen molar-refractivity contribution in [1.29, 1.82) is 0 Å². The topological polar surface area (TPSA) is 73.8 Å². The number of thiophene rings is 1. The van der Waals surface area contributed by atoms with Crippen LogP contribution in [0.25, 0.3) is 0 Å². The largest absolute Gasteiger partial charge is 0.504 e. The number of halogens is 1. The van der Waals surface area contributed by atoms with Crippen LogP contribution in [0.3, 0.4) is 0 Å². The molecule has 0 bridgehead atoms. The van der Waals surface area contributed by atoms with Crippen LogP contribution in [0.2, 0.25) is 0 Å². The van der Waals surface area contributed by atoms with E-state index in [0.29, 0.717) is 11.3 Å². The Kier molecular flexibility index (Phi) is 5.37. The fourth-order valence-corrected chi connectivity index (χ4v) is 6.04. The number of carbonyl (C=O) groups is 1. The number of nitrogens with one attached hydrogen (secondary N) is 2. The Morgan fingerprint density at radius 3 is 2.84 bits per heavy atom. The van der Waals surface area contributed by atoms with Gasteiger partial charge in [0.1, 0.15) is 11.2 Å². The van der Waals surface area contributed by atoms with Gasteiger partial charge < -0.3 is 20.5 Å². The van der Waals surface area contributed by atoms with E-state index in [9.17, 15) is 9.90 Å². The summed E-state index contributed by atoms with van der Waals surface area (Å²) in [4.78, 5) is 16.7. The molecule has 160 valence electrons. The van der Waals surface area contributed by atoms with E-state index in [2.05, 4.69) is 55.7 Å². The van der Waals surface area contributed by atoms with Crippen molar-refractivity contribution in [3.05, 3.63) is 74.1 Å². The molecule has 0 saturated carbocycles. The summed E-state index contributed by atoms with van der Waals surface area (Å²) in [6.07, 6.45) is 0.316. The molecule has 3 aromatic rings. The van der Waals surface area contributed by atoms with Crippen LogP contribution in [0.15, 0.2) is 46.9 Å². The van der Waals surface area contributed by atoms with Gasteiger partial charge in [-0.1, -0.05) is 46.3 Å². The van der Waals surface area contributed by atoms with Gasteiger partial charge in [-0.2, -0.15) is 0 Å². The lowest BCUT2D eigenvalue weighted by Crippen LogP contribution is -2.39. The van der Waals surface area contributed by atoms with Gasteiger partial charge in [-0.15, -0.1) is 11.3 Å². The molecule has 0 saturated heterocycles. The number of carbonyl (C=O) groups excluding carboxylic acids is 1. The predicted octanol–water partition coefficient (Wildman–Crippen LogP) is 4.64. The number of amides is 1. The van der Waals surface area contributed by atoms with Crippen LogP contribution >= 0.6 is 27.3 Å². The van der Waals surface area contributed by atoms with Crippen LogP contribution in [0.1, 0.15) is 38.1 Å². The van der Waals surface area contributed by atoms with Gasteiger partial charge in [0, 0.05) is 34.5 Å². The summed E-state index contributed by atoms with van der Waals surface area (Å²) in [5.74, 6) is 0.265. The maximum Gasteiger partial charge on any atom is 0.256 e. The molecule has 5 rings (SSSR count). The van der Waals surface area contributed by atoms with Gasteiger partial charge in [0.05, 0.1) is 12.7 Å². The van der Waals surface area contributed by atoms with Gasteiger partial charge in [-0.05, 0) is 29.7 Å². The van der Waals surface area contributed by atoms with Gasteiger partial charge in [0.2, 0.25) is 0 Å². The van der Waals surface area contributed by atoms with Crippen LogP contribution in [0.5, 0.6) is 11.5 Å². The molecular formula is C23H22BrN3O3S. The number of anilines is 1. The number of nitrogens with zero attached hydrogens (tertiary/aromatic N) is 1. The highest BCUT2D eigenvalue weighted by Gasteiger charge is 2.34. The normalized spacial score (nSPS) is 18.0. The van der Waals surface area contributed by atoms with Crippen LogP contribution in [0, 0.1) is 0 Å². The molecule has 0 fully saturated rings. The molecule has 0 unspecified atom stereocenters. The zero-order valence-electron chi connectivity index (χ0n) is 16.9. The van der Waals surface area contributed by atoms with Crippen LogP contribution in [-0.2, 0) is 19.5 Å². The average Bonchev–Trinajstić information content (AvgIpc) is 3.13. The van der Waals surface area contributed by atoms with Crippen molar-refractivity contribution >= 4 is 38.2 Å². The maximum absolute atomic E-state index is 13.0. The molecule has 1 aromatic heterocycles. The monoisotopic (exact) mass is 499 g/mol. The second-order valence-electron chi connectivity index (χ2n) is 7.75. The average molecular weight is 500 g/mol. The minimum atomic E-state index is -0.535. The lowest BCUT2D eigenvalue weighted by atomic mass is 9.99. The van der Waals surface area contributed by atoms with E-state index in [0.717, 1.165) is 46.7 Å². The first-order chi connectivity index (χ1) is 15.0. The van der Waals surface area contributed by atoms with Gasteiger partial charge in [-0.3, -0.25) is 9.69 Å². The Bertz CT molecular complexity index is 1150. The molecule has 0 aliphatic carbocycles. The van der Waals surface area contributed by atoms with Crippen molar-refractivity contribution in [3.8, 4) is 11.5 Å². The number of hydrogen-bond donors (Lipinski definition) is 3. The predicted molar refractivity (Wildman–Crippen MR) is 125 cm³/mol. The third kappa shape index (κ3) is 3.79. The maximum atomic E-state index is 13.0. The molecule has 0 radical (unpaired) electrons. The molecule has 2 aliphatic heterocycles. The van der Waals surface area contributed by atoms with Gasteiger partial charge >= 0.3 is 0 Å². The number of benzene rings is 2. The minimum Gasteiger partial charge on any atom is -0.504 e. The molecule has 2 aromatic carbocycles. The molecular weight excluding hydrogens is 478 g/mol. The van der Waals surface area contributed by atoms with Crippen molar-refractivity contribution in [2.24, 2.45) is 0 Å². The number of phenols is 1. The van der Waals surface area contributed by atoms with E-state index in [1.54, 1.807) is 23.5 Å². The third-order valence-electron chi connectivity index (χ3n) is 5.76. The summed E-state index contributed by atoms with van der Waals surface area (Å²) in [5.41, 5.74) is 3.74. The van der Waals surface area contributed by atoms with E-state index < -0.39 is 6.17 Å². The number of fused-ring (bicyclic) bond motifs is 3. The first-order valence-electron chi connectivity index (χ1n) is 10.1. The van der Waals surface area contributed by atoms with Gasteiger partial charge in [0.15, 0.2) is 11.5 Å². The summed E-state index contributed by atoms with van der Waals surface area (Å²) in [6, 6.07) is 13.9. The van der Waals surface area contributed by atoms with Crippen molar-refractivity contribution in [2.45, 2.75) is 25.7 Å². The van der Waals surface area contributed by atoms with Crippen LogP contribution in [0.4, 0.5) is 5.00 Å². The van der Waals surface area contributed by atoms with E-state index in [-0.39, 0.29) is 11.7 Å². The molecule has 6 nitrogen and oxygen atoms in total. The number of phenolic OH excluding ortho intramolecular Hbond substituents is 1. The lowest BCUT2D eigenvalue weighted by molar-refractivity contribution is 0.0934. The van der Waals surface area contributed by atoms with Crippen molar-refractivity contribution in [1.82, 2.24) is 10.2 Å². The minimum absolute atomic E-state index is 0.0160. The quantitative estimate of drug-likeness (QED) is 0.487. The lowest BCUT2D eigenvalue weighted by Gasteiger charge is -2.29. The number of ether oxygens (including phenoxy) is 1. The summed E-state index contributed by atoms with van der Waals surface area (Å²) < 4.78 is 6.02. The number of hydrogen-bond acceptors (Lipinski definition) is 6. The van der Waals surface area contributed by atoms with E-state index in [1.807, 2.05) is 6.07 Å². The zero-order valence-corrected chi connectivity index (χ0v) is 19.3. The molecule has 1 atom stereocenters. The Balaban J connectivity index is 1.41. The highest BCUT2D eigenvalue weighted by atomic mass is 79.9. The summed E-state index contributed by atoms with van der Waals surface area (Å²) in [7, 11) is 1.50. The molecule has 8 heteroatoms. The standard InChI is InChI=1S/C23H22BrN3O3S/c1-30-17-10-14(24)9-16(20(17)28)21-25-22(29)19-15-7-8-27(11-13-5-3-2-4-6-13)12-18(15)31-23(19)26-21/h2-6,9-10,21,26,28H,7-8,11-12H2,1H3,(H,25,29)/t21-/m0/s1. The second kappa shape index (κ2) is 8.18. The Morgan fingerprint density at radius 2 is 2.06 bits per heavy atom. The smallest absolute Gasteiger partial charge is 0.256 e. The van der Waals surface area contributed by atoms with E-state index >= 15 is 0 Å². The third-order valence-corrected chi connectivity index (χ3v) is 7.37. The molecule has 2 aliphatic rings. The fraction of sp³-hybridized carbons (Fsp3) is 0.261. The first-order valence-corrected chi connectivity index (χ1v) is 11.7. The number of methoxy groups -OCH3 is 1. The molecule has 0 spiro atoms. The van der Waals surface area contributed by atoms with Crippen molar-refractivity contribution in [2.75, 3.05) is 19.0 Å². The highest BCUT2D eigenvalue weighted by Crippen LogP contribution is 2.43. The number of rotatable bonds is 4. The number of aromatic hydroxyl groups is 1. The molecule has 1 amide bonds. The Labute approximate surface area is 193 Å². The van der Waals surface area contributed by atoms with Gasteiger partial charge in [-0.25, -0.2) is 0 Å². The molecule has 31 heavy (non-hydrogen) atoms. The van der Waals surface area contributed by atoms with E-state index in [1.165, 1.54) is 17.6 Å². The molecule has 3 heterocycles. The second-order valence-corrected chi connectivity index (χ2v) is 9.77. The summed E-state index contributed by atoms with van der Waals surface area (Å²) in [5, 5.41) is 17.9. The van der Waals surface area contributed by atoms with E-state index in [4.69, 9.17) is 4.74 Å². The van der Waals surface area contributed by atoms with Crippen molar-refractivity contribution < 1.29 is 14.6 Å². The first kappa shape index (κ1) is 20.4. The van der Waals surface area contributed by atoms with Crippen molar-refractivity contribution in [3.63, 3.8) is 0 Å². The summed E-state index contributed by atoms with van der Waals surface area (Å²) in [6.45, 7) is 2.65. The SMILES string of the molecule is COc1cc(Br)cc([C@H]2NC(=O)c3c(sc4c3CCN(Cc3ccccc3)C4)N2)c1O. The molecule has 3 N–H and O–H groups in total. The van der Waals surface area contributed by atoms with Gasteiger partial charge in [0.25, 0.3) is 5.91 Å². The van der Waals surface area contributed by atoms with Crippen LogP contribution in [-0.4, -0.2) is 29.6 Å². The zero-order chi connectivity index (χ0) is 21.5. The van der Waals surface area contributed by atoms with Crippen LogP contribution < -0.4 is 15.4 Å². The Hall–Kier alpha value is -2.55. The Morgan fingerprint density at radius 1 is 1.26 bits per heavy atom.